The number of nitrogens with one attached hydrogen (secondary N) is 1. The molecular formula is C10H16ClN3O. The van der Waals surface area contributed by atoms with Crippen molar-refractivity contribution in [3.05, 3.63) is 16.5 Å². The topological polar surface area (TPSA) is 58.0 Å². The van der Waals surface area contributed by atoms with Gasteiger partial charge >= 0.3 is 0 Å². The van der Waals surface area contributed by atoms with Gasteiger partial charge in [0.1, 0.15) is 16.8 Å². The van der Waals surface area contributed by atoms with Crippen LogP contribution in [0.5, 0.6) is 0 Å². The fourth-order valence-electron chi connectivity index (χ4n) is 1.11. The second kappa shape index (κ2) is 5.28. The molecule has 0 radical (unpaired) electrons. The number of nitrogens with zero attached hydrogens (tertiary/aromatic N) is 2. The van der Waals surface area contributed by atoms with E-state index in [9.17, 15) is 0 Å². The van der Waals surface area contributed by atoms with Crippen LogP contribution in [0.1, 0.15) is 25.2 Å². The number of aryl methyl sites for hydroxylation is 1. The Hall–Kier alpha value is -0.870. The summed E-state index contributed by atoms with van der Waals surface area (Å²) in [4.78, 5) is 8.44. The SMILES string of the molecule is CCc1nc(Cl)c(C)c(NCC(C)O)n1. The Labute approximate surface area is 94.7 Å². The third kappa shape index (κ3) is 3.32. The Bertz CT molecular complexity index is 342. The molecule has 1 aromatic heterocycles. The van der Waals surface area contributed by atoms with Gasteiger partial charge in [-0.3, -0.25) is 0 Å². The Morgan fingerprint density at radius 1 is 1.47 bits per heavy atom. The minimum atomic E-state index is -0.414. The standard InChI is InChI=1S/C10H16ClN3O/c1-4-8-13-9(11)7(3)10(14-8)12-5-6(2)15/h6,15H,4-5H2,1-3H3,(H,12,13,14). The van der Waals surface area contributed by atoms with Gasteiger partial charge in [0.15, 0.2) is 0 Å². The second-order valence-electron chi connectivity index (χ2n) is 3.49. The van der Waals surface area contributed by atoms with Crippen LogP contribution in [-0.2, 0) is 6.42 Å². The van der Waals surface area contributed by atoms with Crippen molar-refractivity contribution >= 4 is 17.4 Å². The van der Waals surface area contributed by atoms with Gasteiger partial charge in [-0.2, -0.15) is 0 Å². The molecule has 15 heavy (non-hydrogen) atoms. The number of hydrogen-bond donors (Lipinski definition) is 2. The molecule has 1 atom stereocenters. The first-order chi connectivity index (χ1) is 7.04. The Morgan fingerprint density at radius 3 is 2.67 bits per heavy atom. The van der Waals surface area contributed by atoms with Gasteiger partial charge in [-0.1, -0.05) is 18.5 Å². The molecule has 5 heteroatoms. The molecule has 0 aliphatic carbocycles. The van der Waals surface area contributed by atoms with Crippen molar-refractivity contribution in [1.82, 2.24) is 9.97 Å². The van der Waals surface area contributed by atoms with Gasteiger partial charge in [-0.15, -0.1) is 0 Å². The molecule has 1 unspecified atom stereocenters. The first-order valence-electron chi connectivity index (χ1n) is 4.99. The number of hydrogen-bond acceptors (Lipinski definition) is 4. The fraction of sp³-hybridized carbons (Fsp3) is 0.600. The van der Waals surface area contributed by atoms with E-state index < -0.39 is 6.10 Å². The molecular weight excluding hydrogens is 214 g/mol. The molecule has 0 saturated carbocycles. The molecule has 0 spiro atoms. The van der Waals surface area contributed by atoms with Gasteiger partial charge in [0.05, 0.1) is 6.10 Å². The van der Waals surface area contributed by atoms with Gasteiger partial charge in [0.25, 0.3) is 0 Å². The summed E-state index contributed by atoms with van der Waals surface area (Å²) in [7, 11) is 0. The van der Waals surface area contributed by atoms with Gasteiger partial charge in [-0.05, 0) is 13.8 Å². The van der Waals surface area contributed by atoms with Crippen molar-refractivity contribution in [3.8, 4) is 0 Å². The number of aromatic nitrogens is 2. The van der Waals surface area contributed by atoms with E-state index in [4.69, 9.17) is 16.7 Å². The summed E-state index contributed by atoms with van der Waals surface area (Å²) < 4.78 is 0. The van der Waals surface area contributed by atoms with Crippen LogP contribution >= 0.6 is 11.6 Å². The van der Waals surface area contributed by atoms with E-state index in [2.05, 4.69) is 15.3 Å². The predicted octanol–water partition coefficient (Wildman–Crippen LogP) is 1.79. The number of rotatable bonds is 4. The van der Waals surface area contributed by atoms with Crippen LogP contribution in [0.4, 0.5) is 5.82 Å². The van der Waals surface area contributed by atoms with Crippen molar-refractivity contribution in [2.45, 2.75) is 33.3 Å². The lowest BCUT2D eigenvalue weighted by Crippen LogP contribution is -2.17. The van der Waals surface area contributed by atoms with E-state index in [1.165, 1.54) is 0 Å². The predicted molar refractivity (Wildman–Crippen MR) is 61.3 cm³/mol. The zero-order chi connectivity index (χ0) is 11.4. The van der Waals surface area contributed by atoms with Crippen LogP contribution in [0, 0.1) is 6.92 Å². The molecule has 0 aliphatic heterocycles. The molecule has 0 aliphatic rings. The summed E-state index contributed by atoms with van der Waals surface area (Å²) in [5, 5.41) is 12.7. The Kier molecular flexibility index (Phi) is 4.29. The summed E-state index contributed by atoms with van der Waals surface area (Å²) in [6.45, 7) is 5.99. The first-order valence-corrected chi connectivity index (χ1v) is 5.37. The van der Waals surface area contributed by atoms with Gasteiger partial charge in [0, 0.05) is 18.5 Å². The zero-order valence-corrected chi connectivity index (χ0v) is 9.97. The van der Waals surface area contributed by atoms with E-state index in [0.29, 0.717) is 23.3 Å². The van der Waals surface area contributed by atoms with E-state index in [0.717, 1.165) is 12.0 Å². The molecule has 0 fully saturated rings. The summed E-state index contributed by atoms with van der Waals surface area (Å²) in [5.74, 6) is 1.41. The van der Waals surface area contributed by atoms with Gasteiger partial charge in [-0.25, -0.2) is 9.97 Å². The van der Waals surface area contributed by atoms with Crippen molar-refractivity contribution in [1.29, 1.82) is 0 Å². The highest BCUT2D eigenvalue weighted by atomic mass is 35.5. The highest BCUT2D eigenvalue weighted by Gasteiger charge is 2.08. The van der Waals surface area contributed by atoms with Gasteiger partial charge < -0.3 is 10.4 Å². The third-order valence-electron chi connectivity index (χ3n) is 2.01. The van der Waals surface area contributed by atoms with Crippen molar-refractivity contribution in [2.24, 2.45) is 0 Å². The minimum absolute atomic E-state index is 0.414. The van der Waals surface area contributed by atoms with E-state index in [1.807, 2.05) is 13.8 Å². The molecule has 0 aromatic carbocycles. The quantitative estimate of drug-likeness (QED) is 0.773. The molecule has 0 bridgehead atoms. The molecule has 1 aromatic rings. The van der Waals surface area contributed by atoms with Crippen LogP contribution in [-0.4, -0.2) is 27.7 Å². The van der Waals surface area contributed by atoms with Crippen LogP contribution < -0.4 is 5.32 Å². The van der Waals surface area contributed by atoms with Crippen molar-refractivity contribution in [2.75, 3.05) is 11.9 Å². The maximum absolute atomic E-state index is 9.16. The largest absolute Gasteiger partial charge is 0.392 e. The first kappa shape index (κ1) is 12.2. The maximum Gasteiger partial charge on any atom is 0.137 e. The third-order valence-corrected chi connectivity index (χ3v) is 2.38. The lowest BCUT2D eigenvalue weighted by Gasteiger charge is -2.11. The summed E-state index contributed by atoms with van der Waals surface area (Å²) in [6.07, 6.45) is 0.326. The summed E-state index contributed by atoms with van der Waals surface area (Å²) in [6, 6.07) is 0. The smallest absolute Gasteiger partial charge is 0.137 e. The summed E-state index contributed by atoms with van der Waals surface area (Å²) >= 11 is 5.96. The van der Waals surface area contributed by atoms with E-state index >= 15 is 0 Å². The van der Waals surface area contributed by atoms with Crippen LogP contribution in [0.2, 0.25) is 5.15 Å². The second-order valence-corrected chi connectivity index (χ2v) is 3.85. The molecule has 1 rings (SSSR count). The Balaban J connectivity index is 2.90. The average molecular weight is 230 g/mol. The molecule has 0 amide bonds. The number of aliphatic hydroxyl groups excluding tert-OH is 1. The summed E-state index contributed by atoms with van der Waals surface area (Å²) in [5.41, 5.74) is 0.814. The van der Waals surface area contributed by atoms with Gasteiger partial charge in [0.2, 0.25) is 0 Å². The highest BCUT2D eigenvalue weighted by Crippen LogP contribution is 2.19. The normalized spacial score (nSPS) is 12.6. The molecule has 84 valence electrons. The maximum atomic E-state index is 9.16. The van der Waals surface area contributed by atoms with Crippen LogP contribution in [0.15, 0.2) is 0 Å². The Morgan fingerprint density at radius 2 is 2.13 bits per heavy atom. The van der Waals surface area contributed by atoms with E-state index in [-0.39, 0.29) is 0 Å². The lowest BCUT2D eigenvalue weighted by molar-refractivity contribution is 0.208. The van der Waals surface area contributed by atoms with E-state index in [1.54, 1.807) is 6.92 Å². The number of anilines is 1. The average Bonchev–Trinajstić information content (AvgIpc) is 2.19. The zero-order valence-electron chi connectivity index (χ0n) is 9.21. The monoisotopic (exact) mass is 229 g/mol. The van der Waals surface area contributed by atoms with Crippen molar-refractivity contribution < 1.29 is 5.11 Å². The molecule has 4 nitrogen and oxygen atoms in total. The van der Waals surface area contributed by atoms with Crippen molar-refractivity contribution in [3.63, 3.8) is 0 Å². The number of halogens is 1. The highest BCUT2D eigenvalue weighted by molar-refractivity contribution is 6.30. The lowest BCUT2D eigenvalue weighted by atomic mass is 10.3. The molecule has 2 N–H and O–H groups in total. The molecule has 1 heterocycles. The van der Waals surface area contributed by atoms with Crippen LogP contribution in [0.25, 0.3) is 0 Å². The fourth-order valence-corrected chi connectivity index (χ4v) is 1.29. The van der Waals surface area contributed by atoms with Crippen LogP contribution in [0.3, 0.4) is 0 Å². The molecule has 0 saturated heterocycles. The minimum Gasteiger partial charge on any atom is -0.392 e. The number of aliphatic hydroxyl groups is 1.